The minimum Gasteiger partial charge on any atom is -0.342 e. The molecule has 1 unspecified atom stereocenters. The molecule has 9 aliphatic rings. The standard InChI is InChI=1S/C50H48Cl2FN5O6/c51-30-12-13-34-36(22-30)54-45(63)50(34)40(32-8-5-9-35(52)41(32)53)42(56-49(50)18-2-1-3-19-49)38(59)23-47-25-48(26-47,27-47)46(64)57-20-16-28(17-21-57)10-11-29-6-4-7-31-33(29)24-58(44(31)62)37-14-15-39(60)55-43(37)61/h4-9,12-13,22,28,37,40,42,56H,1-3,14-21,23-27H2,(H,54,63)(H,55,60,61)/t37?,40-,42-,47?,48?,50+/m0/s1. The summed E-state index contributed by atoms with van der Waals surface area (Å²) >= 11 is 12.9. The van der Waals surface area contributed by atoms with Gasteiger partial charge in [0.25, 0.3) is 5.91 Å². The van der Waals surface area contributed by atoms with Crippen molar-refractivity contribution in [2.24, 2.45) is 16.7 Å². The monoisotopic (exact) mass is 903 g/mol. The number of halogens is 3. The minimum atomic E-state index is -1.29. The van der Waals surface area contributed by atoms with Crippen LogP contribution in [0.1, 0.15) is 122 Å². The number of hydrogen-bond donors (Lipinski definition) is 3. The largest absolute Gasteiger partial charge is 0.342 e. The highest BCUT2D eigenvalue weighted by atomic mass is 35.5. The van der Waals surface area contributed by atoms with Crippen molar-refractivity contribution < 1.29 is 33.2 Å². The van der Waals surface area contributed by atoms with Gasteiger partial charge in [-0.2, -0.15) is 0 Å². The quantitative estimate of drug-likeness (QED) is 0.179. The van der Waals surface area contributed by atoms with Crippen LogP contribution in [0, 0.1) is 34.4 Å². The number of rotatable bonds is 6. The number of anilines is 1. The number of benzene rings is 3. The molecule has 14 heteroatoms. The fourth-order valence-electron chi connectivity index (χ4n) is 13.6. The van der Waals surface area contributed by atoms with E-state index in [0.29, 0.717) is 67.9 Å². The maximum absolute atomic E-state index is 16.4. The summed E-state index contributed by atoms with van der Waals surface area (Å²) in [6, 6.07) is 14.1. The van der Waals surface area contributed by atoms with Gasteiger partial charge in [-0.25, -0.2) is 4.39 Å². The fraction of sp³-hybridized carbons (Fsp3) is 0.480. The molecule has 12 rings (SSSR count). The Labute approximate surface area is 380 Å². The van der Waals surface area contributed by atoms with Gasteiger partial charge in [0.15, 0.2) is 5.78 Å². The summed E-state index contributed by atoms with van der Waals surface area (Å²) in [5.41, 5.74) is 0.713. The van der Waals surface area contributed by atoms with Crippen molar-refractivity contribution in [3.63, 3.8) is 0 Å². The summed E-state index contributed by atoms with van der Waals surface area (Å²) in [6.45, 7) is 1.42. The van der Waals surface area contributed by atoms with Crippen LogP contribution in [-0.2, 0) is 35.9 Å². The number of imide groups is 1. The highest BCUT2D eigenvalue weighted by Gasteiger charge is 2.75. The Morgan fingerprint density at radius 1 is 0.891 bits per heavy atom. The number of hydrogen-bond acceptors (Lipinski definition) is 7. The van der Waals surface area contributed by atoms with Crippen molar-refractivity contribution in [3.8, 4) is 11.8 Å². The van der Waals surface area contributed by atoms with Crippen LogP contribution in [0.3, 0.4) is 0 Å². The number of fused-ring (bicyclic) bond motifs is 4. The highest BCUT2D eigenvalue weighted by Crippen LogP contribution is 2.76. The molecule has 64 heavy (non-hydrogen) atoms. The third-order valence-corrected chi connectivity index (χ3v) is 16.8. The molecule has 330 valence electrons. The van der Waals surface area contributed by atoms with Gasteiger partial charge in [-0.15, -0.1) is 0 Å². The van der Waals surface area contributed by atoms with Crippen molar-refractivity contribution in [3.05, 3.63) is 98.3 Å². The lowest BCUT2D eigenvalue weighted by Crippen LogP contribution is -2.69. The summed E-state index contributed by atoms with van der Waals surface area (Å²) in [5, 5.41) is 9.61. The predicted molar refractivity (Wildman–Crippen MR) is 236 cm³/mol. The number of carbonyl (C=O) groups is 6. The van der Waals surface area contributed by atoms with Gasteiger partial charge in [0.2, 0.25) is 23.6 Å². The van der Waals surface area contributed by atoms with Crippen LogP contribution in [0.2, 0.25) is 10.0 Å². The van der Waals surface area contributed by atoms with Crippen molar-refractivity contribution in [2.75, 3.05) is 18.4 Å². The van der Waals surface area contributed by atoms with Gasteiger partial charge in [0.05, 0.1) is 16.5 Å². The summed E-state index contributed by atoms with van der Waals surface area (Å²) in [6.07, 6.45) is 8.05. The van der Waals surface area contributed by atoms with Gasteiger partial charge in [-0.3, -0.25) is 39.4 Å². The molecule has 4 atom stereocenters. The Morgan fingerprint density at radius 3 is 2.39 bits per heavy atom. The number of amides is 5. The zero-order valence-corrected chi connectivity index (χ0v) is 36.8. The van der Waals surface area contributed by atoms with Crippen molar-refractivity contribution in [1.29, 1.82) is 0 Å². The molecule has 0 aromatic heterocycles. The molecule has 3 saturated heterocycles. The summed E-state index contributed by atoms with van der Waals surface area (Å²) in [7, 11) is 0. The number of likely N-dealkylation sites (tertiary alicyclic amines) is 1. The van der Waals surface area contributed by atoms with Gasteiger partial charge in [0, 0.05) is 71.7 Å². The molecule has 7 fully saturated rings. The number of nitrogens with one attached hydrogen (secondary N) is 3. The molecule has 5 heterocycles. The van der Waals surface area contributed by atoms with E-state index in [4.69, 9.17) is 23.2 Å². The van der Waals surface area contributed by atoms with Crippen LogP contribution in [0.25, 0.3) is 0 Å². The average Bonchev–Trinajstić information content (AvgIpc) is 3.85. The predicted octanol–water partition coefficient (Wildman–Crippen LogP) is 6.96. The first-order valence-electron chi connectivity index (χ1n) is 22.7. The van der Waals surface area contributed by atoms with Gasteiger partial charge >= 0.3 is 0 Å². The Morgan fingerprint density at radius 2 is 1.64 bits per heavy atom. The van der Waals surface area contributed by atoms with Gasteiger partial charge in [-0.1, -0.05) is 78.6 Å². The van der Waals surface area contributed by atoms with Crippen LogP contribution in [-0.4, -0.2) is 75.8 Å². The lowest BCUT2D eigenvalue weighted by Gasteiger charge is -2.70. The van der Waals surface area contributed by atoms with E-state index in [1.54, 1.807) is 36.4 Å². The lowest BCUT2D eigenvalue weighted by molar-refractivity contribution is -0.219. The molecular formula is C50H48Cl2FN5O6. The molecule has 4 aliphatic carbocycles. The number of ketones is 1. The molecule has 2 spiro atoms. The van der Waals surface area contributed by atoms with Crippen LogP contribution in [0.5, 0.6) is 0 Å². The third kappa shape index (κ3) is 6.09. The van der Waals surface area contributed by atoms with Crippen LogP contribution in [0.4, 0.5) is 10.1 Å². The summed E-state index contributed by atoms with van der Waals surface area (Å²) in [5.74, 6) is 4.09. The Kier molecular flexibility index (Phi) is 9.74. The first-order chi connectivity index (χ1) is 30.8. The maximum atomic E-state index is 16.4. The number of piperidine rings is 2. The van der Waals surface area contributed by atoms with E-state index in [2.05, 4.69) is 27.8 Å². The van der Waals surface area contributed by atoms with E-state index in [1.165, 1.54) is 11.0 Å². The van der Waals surface area contributed by atoms with E-state index >= 15 is 4.39 Å². The maximum Gasteiger partial charge on any atom is 0.255 e. The highest BCUT2D eigenvalue weighted by molar-refractivity contribution is 6.31. The number of nitrogens with zero attached hydrogens (tertiary/aromatic N) is 2. The molecule has 3 aromatic carbocycles. The number of carbonyl (C=O) groups excluding carboxylic acids is 6. The molecule has 0 radical (unpaired) electrons. The summed E-state index contributed by atoms with van der Waals surface area (Å²) in [4.78, 5) is 84.8. The van der Waals surface area contributed by atoms with Crippen LogP contribution >= 0.6 is 23.2 Å². The second-order valence-electron chi connectivity index (χ2n) is 19.9. The first kappa shape index (κ1) is 41.6. The molecule has 3 aromatic rings. The topological polar surface area (TPSA) is 145 Å². The zero-order valence-electron chi connectivity index (χ0n) is 35.3. The summed E-state index contributed by atoms with van der Waals surface area (Å²) < 4.78 is 16.4. The lowest BCUT2D eigenvalue weighted by atomic mass is 9.33. The molecule has 5 amide bonds. The van der Waals surface area contributed by atoms with E-state index in [9.17, 15) is 28.8 Å². The Bertz CT molecular complexity index is 2640. The van der Waals surface area contributed by atoms with E-state index in [-0.39, 0.29) is 70.7 Å². The second kappa shape index (κ2) is 15.0. The Balaban J connectivity index is 0.770. The normalized spacial score (nSPS) is 31.1. The molecule has 4 saturated carbocycles. The smallest absolute Gasteiger partial charge is 0.255 e. The van der Waals surface area contributed by atoms with Gasteiger partial charge in [-0.05, 0) is 104 Å². The van der Waals surface area contributed by atoms with Crippen molar-refractivity contribution in [1.82, 2.24) is 20.4 Å². The van der Waals surface area contributed by atoms with Gasteiger partial charge in [0.1, 0.15) is 17.3 Å². The first-order valence-corrected chi connectivity index (χ1v) is 23.5. The second-order valence-corrected chi connectivity index (χ2v) is 20.7. The zero-order chi connectivity index (χ0) is 44.3. The molecule has 2 bridgehead atoms. The van der Waals surface area contributed by atoms with Crippen LogP contribution < -0.4 is 16.0 Å². The number of Topliss-reactive ketones (excluding diaryl/α,β-unsaturated/α-hetero) is 1. The van der Waals surface area contributed by atoms with E-state index < -0.39 is 46.1 Å². The van der Waals surface area contributed by atoms with E-state index in [1.807, 2.05) is 17.0 Å². The molecule has 3 N–H and O–H groups in total. The van der Waals surface area contributed by atoms with Crippen molar-refractivity contribution >= 4 is 64.2 Å². The van der Waals surface area contributed by atoms with Crippen LogP contribution in [0.15, 0.2) is 54.6 Å². The SMILES string of the molecule is O=C1CCC(N2Cc3c(C#CC4CCN(C(=O)C56CC(CC(=O)[C@@H]7NC8(CCCCC8)[C@@]8(C(=O)Nc9cc(Cl)ccc98)[C@H]7c7cccc(Cl)c7F)(C5)C6)CC4)cccc3C2=O)C(=O)N1. The fourth-order valence-corrected chi connectivity index (χ4v) is 14.0. The molecule has 11 nitrogen and oxygen atoms in total. The Hall–Kier alpha value is -5.09. The third-order valence-electron chi connectivity index (χ3n) is 16.3. The average molecular weight is 905 g/mol. The van der Waals surface area contributed by atoms with E-state index in [0.717, 1.165) is 48.8 Å². The minimum absolute atomic E-state index is 0.0636. The van der Waals surface area contributed by atoms with Crippen molar-refractivity contribution in [2.45, 2.75) is 119 Å². The van der Waals surface area contributed by atoms with Gasteiger partial charge < -0.3 is 15.1 Å². The molecular weight excluding hydrogens is 856 g/mol. The molecule has 5 aliphatic heterocycles.